The van der Waals surface area contributed by atoms with E-state index in [4.69, 9.17) is 18.0 Å². The van der Waals surface area contributed by atoms with Gasteiger partial charge in [0.15, 0.2) is 5.11 Å². The third kappa shape index (κ3) is 4.28. The Labute approximate surface area is 196 Å². The van der Waals surface area contributed by atoms with Crippen LogP contribution < -0.4 is 21.3 Å². The molecule has 6 rings (SSSR count). The molecule has 2 bridgehead atoms. The van der Waals surface area contributed by atoms with Crippen molar-refractivity contribution in [3.8, 4) is 0 Å². The van der Waals surface area contributed by atoms with Gasteiger partial charge in [-0.15, -0.1) is 6.58 Å². The van der Waals surface area contributed by atoms with E-state index in [-0.39, 0.29) is 18.1 Å². The van der Waals surface area contributed by atoms with Crippen LogP contribution in [0.1, 0.15) is 50.1 Å². The standard InChI is InChI=1S/C26H35N5S/c1-2-17-16-31-14-12-18(17)15-24(31)25(20-11-13-28-22-9-5-3-7-19(20)22)30-26(32)29-23-10-6-4-8-21(23)27/h2-3,5,7,9,11,13,17-18,21,23-25H,1,4,6,8,10,12,14-16,27H2,(H2,29,30,32)/p+1/t17?,18?,21-,23-,24?,25+/m1/s1. The van der Waals surface area contributed by atoms with Gasteiger partial charge in [-0.2, -0.15) is 0 Å². The number of hydrogen-bond donors (Lipinski definition) is 4. The van der Waals surface area contributed by atoms with Crippen LogP contribution in [0.15, 0.2) is 49.2 Å². The number of fused-ring (bicyclic) bond motifs is 4. The Balaban J connectivity index is 1.44. The molecule has 4 fully saturated rings. The molecule has 0 amide bonds. The zero-order chi connectivity index (χ0) is 22.1. The third-order valence-electron chi connectivity index (χ3n) is 8.17. The minimum Gasteiger partial charge on any atom is -0.358 e. The number of nitrogens with zero attached hydrogens (tertiary/aromatic N) is 1. The number of benzene rings is 1. The molecule has 1 aromatic heterocycles. The number of hydrogen-bond acceptors (Lipinski definition) is 3. The lowest BCUT2D eigenvalue weighted by molar-refractivity contribution is -0.947. The van der Waals surface area contributed by atoms with Crippen molar-refractivity contribution in [2.24, 2.45) is 17.6 Å². The fourth-order valence-electron chi connectivity index (χ4n) is 6.40. The molecule has 5 nitrogen and oxygen atoms in total. The van der Waals surface area contributed by atoms with Crippen LogP contribution >= 0.6 is 12.2 Å². The number of thiocarbonyl (C=S) groups is 1. The van der Waals surface area contributed by atoms with Gasteiger partial charge in [0.05, 0.1) is 18.6 Å². The maximum atomic E-state index is 6.39. The Morgan fingerprint density at radius 2 is 2.06 bits per heavy atom. The minimum atomic E-state index is 0.145. The van der Waals surface area contributed by atoms with E-state index in [9.17, 15) is 0 Å². The van der Waals surface area contributed by atoms with Crippen molar-refractivity contribution < 1.29 is 4.90 Å². The second-order valence-electron chi connectivity index (χ2n) is 9.97. The molecular weight excluding hydrogens is 414 g/mol. The number of piperidine rings is 3. The molecule has 1 aliphatic carbocycles. The van der Waals surface area contributed by atoms with E-state index in [2.05, 4.69) is 58.6 Å². The summed E-state index contributed by atoms with van der Waals surface area (Å²) >= 11 is 5.87. The molecule has 170 valence electrons. The molecule has 2 aromatic rings. The molecule has 1 saturated carbocycles. The van der Waals surface area contributed by atoms with Crippen molar-refractivity contribution in [3.05, 3.63) is 54.7 Å². The van der Waals surface area contributed by atoms with Crippen LogP contribution in [0, 0.1) is 11.8 Å². The highest BCUT2D eigenvalue weighted by Gasteiger charge is 2.46. The lowest BCUT2D eigenvalue weighted by atomic mass is 9.73. The maximum Gasteiger partial charge on any atom is 0.167 e. The number of aromatic nitrogens is 1. The minimum absolute atomic E-state index is 0.145. The first kappa shape index (κ1) is 21.8. The van der Waals surface area contributed by atoms with Gasteiger partial charge in [-0.3, -0.25) is 4.98 Å². The molecule has 0 radical (unpaired) electrons. The summed E-state index contributed by atoms with van der Waals surface area (Å²) in [5, 5.41) is 9.30. The number of rotatable bonds is 5. The Kier molecular flexibility index (Phi) is 6.44. The Morgan fingerprint density at radius 3 is 2.84 bits per heavy atom. The van der Waals surface area contributed by atoms with Crippen molar-refractivity contribution in [1.82, 2.24) is 15.6 Å². The van der Waals surface area contributed by atoms with E-state index in [0.717, 1.165) is 29.4 Å². The maximum absolute atomic E-state index is 6.39. The topological polar surface area (TPSA) is 67.4 Å². The summed E-state index contributed by atoms with van der Waals surface area (Å²) in [7, 11) is 0. The van der Waals surface area contributed by atoms with E-state index in [1.807, 2.05) is 6.20 Å². The molecule has 32 heavy (non-hydrogen) atoms. The number of para-hydroxylation sites is 1. The van der Waals surface area contributed by atoms with Gasteiger partial charge in [-0.1, -0.05) is 37.1 Å². The first-order valence-electron chi connectivity index (χ1n) is 12.3. The average molecular weight is 451 g/mol. The molecule has 5 N–H and O–H groups in total. The van der Waals surface area contributed by atoms with Gasteiger partial charge < -0.3 is 21.3 Å². The first-order chi connectivity index (χ1) is 15.6. The largest absolute Gasteiger partial charge is 0.358 e. The highest BCUT2D eigenvalue weighted by atomic mass is 32.1. The van der Waals surface area contributed by atoms with Crippen LogP contribution in [-0.4, -0.2) is 41.3 Å². The predicted octanol–water partition coefficient (Wildman–Crippen LogP) is 2.49. The molecule has 6 heteroatoms. The second-order valence-corrected chi connectivity index (χ2v) is 10.4. The summed E-state index contributed by atoms with van der Waals surface area (Å²) in [6.07, 6.45) is 11.2. The highest BCUT2D eigenvalue weighted by Crippen LogP contribution is 2.34. The number of quaternary nitrogens is 1. The van der Waals surface area contributed by atoms with Crippen molar-refractivity contribution in [1.29, 1.82) is 0 Å². The average Bonchev–Trinajstić information content (AvgIpc) is 2.84. The van der Waals surface area contributed by atoms with Crippen LogP contribution in [0.2, 0.25) is 0 Å². The van der Waals surface area contributed by atoms with Gasteiger partial charge in [0.1, 0.15) is 12.1 Å². The van der Waals surface area contributed by atoms with Crippen LogP contribution in [0.3, 0.4) is 0 Å². The zero-order valence-corrected chi connectivity index (χ0v) is 19.6. The molecule has 3 aliphatic heterocycles. The lowest BCUT2D eigenvalue weighted by Gasteiger charge is -2.49. The molecule has 4 aliphatic rings. The van der Waals surface area contributed by atoms with E-state index >= 15 is 0 Å². The van der Waals surface area contributed by atoms with Gasteiger partial charge in [-0.25, -0.2) is 0 Å². The predicted molar refractivity (Wildman–Crippen MR) is 134 cm³/mol. The summed E-state index contributed by atoms with van der Waals surface area (Å²) in [6.45, 7) is 6.52. The molecule has 0 spiro atoms. The lowest BCUT2D eigenvalue weighted by Crippen LogP contribution is -3.20. The summed E-state index contributed by atoms with van der Waals surface area (Å²) in [6, 6.07) is 11.7. The zero-order valence-electron chi connectivity index (χ0n) is 18.8. The quantitative estimate of drug-likeness (QED) is 0.416. The number of nitrogens with two attached hydrogens (primary N) is 1. The van der Waals surface area contributed by atoms with E-state index in [0.29, 0.717) is 12.0 Å². The molecule has 3 saturated heterocycles. The van der Waals surface area contributed by atoms with Crippen molar-refractivity contribution >= 4 is 28.2 Å². The van der Waals surface area contributed by atoms with Gasteiger partial charge in [0.25, 0.3) is 0 Å². The Morgan fingerprint density at radius 1 is 1.22 bits per heavy atom. The molecule has 4 heterocycles. The fraction of sp³-hybridized carbons (Fsp3) is 0.538. The Bertz CT molecular complexity index is 972. The summed E-state index contributed by atoms with van der Waals surface area (Å²) in [5.74, 6) is 1.36. The summed E-state index contributed by atoms with van der Waals surface area (Å²) in [5.41, 5.74) is 8.74. The Hall–Kier alpha value is -2.02. The third-order valence-corrected chi connectivity index (χ3v) is 8.40. The van der Waals surface area contributed by atoms with E-state index in [1.165, 1.54) is 49.7 Å². The van der Waals surface area contributed by atoms with Crippen LogP contribution in [0.5, 0.6) is 0 Å². The molecular formula is C26H36N5S+. The number of nitrogens with one attached hydrogen (secondary N) is 3. The first-order valence-corrected chi connectivity index (χ1v) is 12.7. The summed E-state index contributed by atoms with van der Waals surface area (Å²) < 4.78 is 0. The van der Waals surface area contributed by atoms with Gasteiger partial charge in [0.2, 0.25) is 0 Å². The van der Waals surface area contributed by atoms with Crippen LogP contribution in [0.4, 0.5) is 0 Å². The van der Waals surface area contributed by atoms with Crippen molar-refractivity contribution in [3.63, 3.8) is 0 Å². The number of pyridine rings is 1. The van der Waals surface area contributed by atoms with E-state index < -0.39 is 0 Å². The van der Waals surface area contributed by atoms with Gasteiger partial charge in [-0.05, 0) is 48.7 Å². The van der Waals surface area contributed by atoms with Crippen molar-refractivity contribution in [2.75, 3.05) is 13.1 Å². The van der Waals surface area contributed by atoms with E-state index in [1.54, 1.807) is 4.90 Å². The normalized spacial score (nSPS) is 32.9. The van der Waals surface area contributed by atoms with Gasteiger partial charge in [0, 0.05) is 42.4 Å². The molecule has 4 unspecified atom stereocenters. The van der Waals surface area contributed by atoms with Crippen molar-refractivity contribution in [2.45, 2.75) is 62.7 Å². The van der Waals surface area contributed by atoms with Crippen LogP contribution in [0.25, 0.3) is 10.9 Å². The SMILES string of the molecule is C=CC1C[NH+]2CCC1CC2[C@@H](NC(=S)N[C@@H]1CCCC[C@H]1N)c1ccnc2ccccc12. The molecule has 7 atom stereocenters. The molecule has 1 aromatic carbocycles. The van der Waals surface area contributed by atoms with Gasteiger partial charge >= 0.3 is 0 Å². The summed E-state index contributed by atoms with van der Waals surface area (Å²) in [4.78, 5) is 6.29. The second kappa shape index (κ2) is 9.46. The fourth-order valence-corrected chi connectivity index (χ4v) is 6.68. The highest BCUT2D eigenvalue weighted by molar-refractivity contribution is 7.80. The smallest absolute Gasteiger partial charge is 0.167 e. The monoisotopic (exact) mass is 450 g/mol. The van der Waals surface area contributed by atoms with Crippen LogP contribution in [-0.2, 0) is 0 Å².